The largest absolute Gasteiger partial charge is 0.497 e. The van der Waals surface area contributed by atoms with Gasteiger partial charge in [-0.1, -0.05) is 34.1 Å². The van der Waals surface area contributed by atoms with Crippen molar-refractivity contribution in [3.05, 3.63) is 57.0 Å². The van der Waals surface area contributed by atoms with Crippen LogP contribution in [-0.2, 0) is 0 Å². The van der Waals surface area contributed by atoms with Crippen molar-refractivity contribution in [1.82, 2.24) is 0 Å². The number of methoxy groups -OCH3 is 1. The Kier molecular flexibility index (Phi) is 5.67. The predicted molar refractivity (Wildman–Crippen MR) is 91.9 cm³/mol. The van der Waals surface area contributed by atoms with Gasteiger partial charge in [0.2, 0.25) is 0 Å². The van der Waals surface area contributed by atoms with Crippen molar-refractivity contribution < 1.29 is 9.47 Å². The van der Waals surface area contributed by atoms with Crippen LogP contribution in [0.2, 0.25) is 0 Å². The van der Waals surface area contributed by atoms with Crippen LogP contribution in [0.3, 0.4) is 0 Å². The monoisotopic (exact) mass is 413 g/mol. The molecule has 0 aliphatic carbocycles. The van der Waals surface area contributed by atoms with Crippen LogP contribution in [0.5, 0.6) is 11.5 Å². The lowest BCUT2D eigenvalue weighted by atomic mass is 10.0. The first-order chi connectivity index (χ1) is 10.0. The first kappa shape index (κ1) is 16.3. The molecule has 0 fully saturated rings. The Hall–Kier alpha value is -1.04. The van der Waals surface area contributed by atoms with Crippen LogP contribution in [0, 0.1) is 0 Å². The van der Waals surface area contributed by atoms with E-state index < -0.39 is 0 Å². The molecular formula is C16H17Br2NO2. The summed E-state index contributed by atoms with van der Waals surface area (Å²) in [6.07, 6.45) is -0.245. The maximum atomic E-state index is 6.12. The molecule has 0 bridgehead atoms. The summed E-state index contributed by atoms with van der Waals surface area (Å²) in [6.45, 7) is 1.93. The zero-order valence-electron chi connectivity index (χ0n) is 11.8. The summed E-state index contributed by atoms with van der Waals surface area (Å²) in [5.74, 6) is 1.50. The molecule has 112 valence electrons. The molecule has 0 aromatic heterocycles. The third kappa shape index (κ3) is 3.99. The second kappa shape index (κ2) is 7.29. The van der Waals surface area contributed by atoms with Crippen molar-refractivity contribution in [2.45, 2.75) is 19.1 Å². The van der Waals surface area contributed by atoms with Crippen molar-refractivity contribution in [2.24, 2.45) is 5.73 Å². The summed E-state index contributed by atoms with van der Waals surface area (Å²) in [5.41, 5.74) is 7.13. The standard InChI is InChI=1S/C16H17Br2NO2/c1-10(19)16(12-5-3-4-6-13(12)17)21-15-8-7-11(20-2)9-14(15)18/h3-10,16H,19H2,1-2H3. The lowest BCUT2D eigenvalue weighted by molar-refractivity contribution is 0.178. The quantitative estimate of drug-likeness (QED) is 0.771. The van der Waals surface area contributed by atoms with Crippen LogP contribution in [0.25, 0.3) is 0 Å². The van der Waals surface area contributed by atoms with E-state index in [0.29, 0.717) is 0 Å². The highest BCUT2D eigenvalue weighted by Crippen LogP contribution is 2.35. The fourth-order valence-corrected chi connectivity index (χ4v) is 2.96. The lowest BCUT2D eigenvalue weighted by Crippen LogP contribution is -2.29. The molecule has 3 nitrogen and oxygen atoms in total. The van der Waals surface area contributed by atoms with Crippen molar-refractivity contribution in [1.29, 1.82) is 0 Å². The van der Waals surface area contributed by atoms with E-state index in [1.165, 1.54) is 0 Å². The normalized spacial score (nSPS) is 13.6. The average Bonchev–Trinajstić information content (AvgIpc) is 2.46. The van der Waals surface area contributed by atoms with Crippen molar-refractivity contribution in [2.75, 3.05) is 7.11 Å². The molecule has 0 aliphatic heterocycles. The maximum Gasteiger partial charge on any atom is 0.140 e. The highest BCUT2D eigenvalue weighted by molar-refractivity contribution is 9.10. The number of benzene rings is 2. The average molecular weight is 415 g/mol. The van der Waals surface area contributed by atoms with Gasteiger partial charge < -0.3 is 15.2 Å². The zero-order valence-corrected chi connectivity index (χ0v) is 15.0. The Labute approximate surface area is 141 Å². The number of rotatable bonds is 5. The van der Waals surface area contributed by atoms with Crippen LogP contribution >= 0.6 is 31.9 Å². The molecule has 0 spiro atoms. The minimum Gasteiger partial charge on any atom is -0.497 e. The summed E-state index contributed by atoms with van der Waals surface area (Å²) in [7, 11) is 1.63. The van der Waals surface area contributed by atoms with Gasteiger partial charge in [-0.05, 0) is 47.1 Å². The van der Waals surface area contributed by atoms with Crippen LogP contribution < -0.4 is 15.2 Å². The Balaban J connectivity index is 2.31. The highest BCUT2D eigenvalue weighted by Gasteiger charge is 2.21. The van der Waals surface area contributed by atoms with Gasteiger partial charge in [0.1, 0.15) is 17.6 Å². The molecule has 0 amide bonds. The summed E-state index contributed by atoms with van der Waals surface area (Å²) in [5, 5.41) is 0. The van der Waals surface area contributed by atoms with Crippen LogP contribution in [0.4, 0.5) is 0 Å². The van der Waals surface area contributed by atoms with Gasteiger partial charge in [0.05, 0.1) is 11.6 Å². The molecule has 5 heteroatoms. The van der Waals surface area contributed by atoms with E-state index >= 15 is 0 Å². The number of nitrogens with two attached hydrogens (primary N) is 1. The minimum absolute atomic E-state index is 0.155. The molecule has 21 heavy (non-hydrogen) atoms. The molecular weight excluding hydrogens is 398 g/mol. The third-order valence-electron chi connectivity index (χ3n) is 3.08. The van der Waals surface area contributed by atoms with Crippen molar-refractivity contribution in [3.8, 4) is 11.5 Å². The molecule has 2 aromatic carbocycles. The van der Waals surface area contributed by atoms with E-state index in [1.54, 1.807) is 7.11 Å². The molecule has 0 aliphatic rings. The molecule has 2 atom stereocenters. The zero-order chi connectivity index (χ0) is 15.4. The van der Waals surface area contributed by atoms with Crippen LogP contribution in [0.15, 0.2) is 51.4 Å². The van der Waals surface area contributed by atoms with Gasteiger partial charge in [0.25, 0.3) is 0 Å². The molecule has 2 aromatic rings. The van der Waals surface area contributed by atoms with Gasteiger partial charge in [-0.2, -0.15) is 0 Å². The van der Waals surface area contributed by atoms with E-state index in [2.05, 4.69) is 31.9 Å². The molecule has 0 radical (unpaired) electrons. The summed E-state index contributed by atoms with van der Waals surface area (Å²) < 4.78 is 13.1. The summed E-state index contributed by atoms with van der Waals surface area (Å²) >= 11 is 7.05. The van der Waals surface area contributed by atoms with Crippen molar-refractivity contribution >= 4 is 31.9 Å². The van der Waals surface area contributed by atoms with Crippen molar-refractivity contribution in [3.63, 3.8) is 0 Å². The minimum atomic E-state index is -0.245. The summed E-state index contributed by atoms with van der Waals surface area (Å²) in [4.78, 5) is 0. The Morgan fingerprint density at radius 3 is 2.33 bits per heavy atom. The SMILES string of the molecule is COc1ccc(OC(c2ccccc2Br)C(C)N)c(Br)c1. The topological polar surface area (TPSA) is 44.5 Å². The Bertz CT molecular complexity index is 617. The Morgan fingerprint density at radius 2 is 1.76 bits per heavy atom. The molecule has 2 N–H and O–H groups in total. The Morgan fingerprint density at radius 1 is 1.05 bits per heavy atom. The maximum absolute atomic E-state index is 6.12. The van der Waals surface area contributed by atoms with Gasteiger partial charge in [0, 0.05) is 16.1 Å². The number of hydrogen-bond donors (Lipinski definition) is 1. The third-order valence-corrected chi connectivity index (χ3v) is 4.42. The molecule has 0 heterocycles. The molecule has 0 saturated heterocycles. The number of hydrogen-bond acceptors (Lipinski definition) is 3. The fraction of sp³-hybridized carbons (Fsp3) is 0.250. The molecule has 0 saturated carbocycles. The van der Waals surface area contributed by atoms with Crippen LogP contribution in [-0.4, -0.2) is 13.2 Å². The van der Waals surface area contributed by atoms with Gasteiger partial charge in [-0.3, -0.25) is 0 Å². The van der Waals surface area contributed by atoms with E-state index in [4.69, 9.17) is 15.2 Å². The van der Waals surface area contributed by atoms with E-state index in [-0.39, 0.29) is 12.1 Å². The van der Waals surface area contributed by atoms with E-state index in [1.807, 2.05) is 49.4 Å². The van der Waals surface area contributed by atoms with Crippen LogP contribution in [0.1, 0.15) is 18.6 Å². The number of halogens is 2. The molecule has 2 unspecified atom stereocenters. The van der Waals surface area contributed by atoms with E-state index in [9.17, 15) is 0 Å². The van der Waals surface area contributed by atoms with Gasteiger partial charge in [-0.15, -0.1) is 0 Å². The smallest absolute Gasteiger partial charge is 0.140 e. The first-order valence-electron chi connectivity index (χ1n) is 6.53. The highest BCUT2D eigenvalue weighted by atomic mass is 79.9. The van der Waals surface area contributed by atoms with Gasteiger partial charge >= 0.3 is 0 Å². The lowest BCUT2D eigenvalue weighted by Gasteiger charge is -2.24. The number of ether oxygens (including phenoxy) is 2. The second-order valence-corrected chi connectivity index (χ2v) is 6.42. The second-order valence-electron chi connectivity index (χ2n) is 4.72. The van der Waals surface area contributed by atoms with Gasteiger partial charge in [0.15, 0.2) is 0 Å². The molecule has 2 rings (SSSR count). The predicted octanol–water partition coefficient (Wildman–Crippen LogP) is 4.69. The summed E-state index contributed by atoms with van der Waals surface area (Å²) in [6, 6.07) is 13.4. The fourth-order valence-electron chi connectivity index (χ4n) is 2.00. The first-order valence-corrected chi connectivity index (χ1v) is 8.11. The van der Waals surface area contributed by atoms with E-state index in [0.717, 1.165) is 26.0 Å². The van der Waals surface area contributed by atoms with Gasteiger partial charge in [-0.25, -0.2) is 0 Å².